The second kappa shape index (κ2) is 11.2. The van der Waals surface area contributed by atoms with E-state index in [0.29, 0.717) is 36.1 Å². The number of carbonyl (C=O) groups excluding carboxylic acids is 1. The lowest BCUT2D eigenvalue weighted by atomic mass is 10.1. The molecule has 0 aliphatic carbocycles. The molecule has 1 saturated heterocycles. The van der Waals surface area contributed by atoms with Gasteiger partial charge in [-0.25, -0.2) is 13.4 Å². The summed E-state index contributed by atoms with van der Waals surface area (Å²) in [6.07, 6.45) is 2.73. The van der Waals surface area contributed by atoms with Crippen LogP contribution in [-0.2, 0) is 21.2 Å². The summed E-state index contributed by atoms with van der Waals surface area (Å²) in [6.45, 7) is 5.29. The van der Waals surface area contributed by atoms with Gasteiger partial charge in [-0.05, 0) is 80.3 Å². The molecule has 198 valence electrons. The smallest absolute Gasteiger partial charge is 0.264 e. The number of hydrogen-bond donors (Lipinski definition) is 0. The zero-order valence-electron chi connectivity index (χ0n) is 21.5. The highest BCUT2D eigenvalue weighted by atomic mass is 32.2. The Bertz CT molecular complexity index is 1510. The van der Waals surface area contributed by atoms with Crippen LogP contribution >= 0.6 is 11.3 Å². The van der Waals surface area contributed by atoms with E-state index in [1.54, 1.807) is 36.1 Å². The fourth-order valence-electron chi connectivity index (χ4n) is 4.67. The van der Waals surface area contributed by atoms with Gasteiger partial charge in [0.05, 0.1) is 33.4 Å². The highest BCUT2D eigenvalue weighted by Gasteiger charge is 2.28. The highest BCUT2D eigenvalue weighted by Crippen LogP contribution is 2.32. The van der Waals surface area contributed by atoms with Gasteiger partial charge in [0.2, 0.25) is 0 Å². The first kappa shape index (κ1) is 26.3. The van der Waals surface area contributed by atoms with Crippen molar-refractivity contribution in [2.45, 2.75) is 44.1 Å². The van der Waals surface area contributed by atoms with Gasteiger partial charge in [-0.1, -0.05) is 42.5 Å². The first-order valence-corrected chi connectivity index (χ1v) is 15.2. The van der Waals surface area contributed by atoms with Crippen LogP contribution in [0.5, 0.6) is 0 Å². The molecule has 38 heavy (non-hydrogen) atoms. The van der Waals surface area contributed by atoms with E-state index >= 15 is 0 Å². The molecule has 1 aliphatic rings. The molecule has 4 aromatic rings. The number of anilines is 2. The van der Waals surface area contributed by atoms with E-state index in [1.807, 2.05) is 24.3 Å². The lowest BCUT2D eigenvalue weighted by molar-refractivity contribution is 0.0917. The van der Waals surface area contributed by atoms with Gasteiger partial charge in [-0.15, -0.1) is 0 Å². The third kappa shape index (κ3) is 5.32. The molecule has 1 amide bonds. The normalized spacial score (nSPS) is 15.6. The minimum Gasteiger partial charge on any atom is -0.376 e. The number of amides is 1. The van der Waals surface area contributed by atoms with Crippen molar-refractivity contribution in [3.05, 3.63) is 83.9 Å². The summed E-state index contributed by atoms with van der Waals surface area (Å²) in [5.41, 5.74) is 3.07. The standard InChI is InChI=1S/C29H31N3O4S2/c1-3-21-12-17-26-27(19-21)37-29(30-26)31(20-24-11-8-18-36-24)28(33)22-13-15-25(16-14-22)38(34,35)32(4-2)23-9-6-5-7-10-23/h5-7,9-10,12-17,19,24H,3-4,8,11,18,20H2,1-2H3. The molecule has 2 heterocycles. The lowest BCUT2D eigenvalue weighted by Gasteiger charge is -2.24. The van der Waals surface area contributed by atoms with Gasteiger partial charge in [0.1, 0.15) is 0 Å². The summed E-state index contributed by atoms with van der Waals surface area (Å²) in [5, 5.41) is 0.617. The van der Waals surface area contributed by atoms with Gasteiger partial charge in [-0.3, -0.25) is 14.0 Å². The molecular weight excluding hydrogens is 518 g/mol. The molecule has 3 aromatic carbocycles. The number of benzene rings is 3. The predicted molar refractivity (Wildman–Crippen MR) is 153 cm³/mol. The van der Waals surface area contributed by atoms with Crippen molar-refractivity contribution in [1.82, 2.24) is 4.98 Å². The Balaban J connectivity index is 1.45. The number of aryl methyl sites for hydroxylation is 1. The Morgan fingerprint density at radius 3 is 2.47 bits per heavy atom. The van der Waals surface area contributed by atoms with Crippen molar-refractivity contribution in [3.8, 4) is 0 Å². The van der Waals surface area contributed by atoms with E-state index < -0.39 is 10.0 Å². The van der Waals surface area contributed by atoms with Crippen LogP contribution in [0.2, 0.25) is 0 Å². The third-order valence-corrected chi connectivity index (χ3v) is 9.72. The van der Waals surface area contributed by atoms with E-state index in [4.69, 9.17) is 9.72 Å². The van der Waals surface area contributed by atoms with Crippen molar-refractivity contribution in [2.24, 2.45) is 0 Å². The number of para-hydroxylation sites is 1. The van der Waals surface area contributed by atoms with Gasteiger partial charge in [-0.2, -0.15) is 0 Å². The molecule has 0 radical (unpaired) electrons. The number of fused-ring (bicyclic) bond motifs is 1. The monoisotopic (exact) mass is 549 g/mol. The summed E-state index contributed by atoms with van der Waals surface area (Å²) < 4.78 is 35.0. The van der Waals surface area contributed by atoms with E-state index in [1.165, 1.54) is 33.3 Å². The van der Waals surface area contributed by atoms with Crippen molar-refractivity contribution < 1.29 is 17.9 Å². The molecule has 1 aromatic heterocycles. The Morgan fingerprint density at radius 2 is 1.82 bits per heavy atom. The van der Waals surface area contributed by atoms with Crippen molar-refractivity contribution in [1.29, 1.82) is 0 Å². The highest BCUT2D eigenvalue weighted by molar-refractivity contribution is 7.92. The van der Waals surface area contributed by atoms with Crippen molar-refractivity contribution >= 4 is 48.3 Å². The Hall–Kier alpha value is -3.27. The number of nitrogens with zero attached hydrogens (tertiary/aromatic N) is 3. The number of carbonyl (C=O) groups is 1. The summed E-state index contributed by atoms with van der Waals surface area (Å²) >= 11 is 1.49. The topological polar surface area (TPSA) is 79.8 Å². The number of ether oxygens (including phenoxy) is 1. The molecule has 1 aliphatic heterocycles. The molecule has 0 N–H and O–H groups in total. The largest absolute Gasteiger partial charge is 0.376 e. The van der Waals surface area contributed by atoms with Crippen LogP contribution in [0.15, 0.2) is 77.7 Å². The quantitative estimate of drug-likeness (QED) is 0.260. The lowest BCUT2D eigenvalue weighted by Crippen LogP contribution is -2.37. The van der Waals surface area contributed by atoms with Crippen LogP contribution in [0.4, 0.5) is 10.8 Å². The summed E-state index contributed by atoms with van der Waals surface area (Å²) in [6, 6.07) is 21.4. The minimum atomic E-state index is -3.78. The molecule has 1 fully saturated rings. The van der Waals surface area contributed by atoms with Crippen LogP contribution in [0.3, 0.4) is 0 Å². The van der Waals surface area contributed by atoms with Gasteiger partial charge in [0.15, 0.2) is 5.13 Å². The second-order valence-corrected chi connectivity index (χ2v) is 12.1. The van der Waals surface area contributed by atoms with Gasteiger partial charge < -0.3 is 4.74 Å². The van der Waals surface area contributed by atoms with Crippen LogP contribution in [0.1, 0.15) is 42.6 Å². The zero-order chi connectivity index (χ0) is 26.7. The van der Waals surface area contributed by atoms with Gasteiger partial charge in [0.25, 0.3) is 15.9 Å². The fourth-order valence-corrected chi connectivity index (χ4v) is 7.18. The van der Waals surface area contributed by atoms with Gasteiger partial charge in [0, 0.05) is 18.7 Å². The molecule has 1 atom stereocenters. The first-order chi connectivity index (χ1) is 18.4. The predicted octanol–water partition coefficient (Wildman–Crippen LogP) is 5.90. The number of thiazole rings is 1. The average molecular weight is 550 g/mol. The first-order valence-electron chi connectivity index (χ1n) is 12.9. The maximum atomic E-state index is 13.8. The van der Waals surface area contributed by atoms with E-state index in [0.717, 1.165) is 29.5 Å². The maximum Gasteiger partial charge on any atom is 0.264 e. The van der Waals surface area contributed by atoms with Crippen LogP contribution in [-0.4, -0.2) is 45.1 Å². The Kier molecular flexibility index (Phi) is 7.78. The number of hydrogen-bond acceptors (Lipinski definition) is 6. The molecule has 9 heteroatoms. The van der Waals surface area contributed by atoms with Crippen LogP contribution in [0.25, 0.3) is 10.2 Å². The number of rotatable bonds is 9. The van der Waals surface area contributed by atoms with E-state index in [9.17, 15) is 13.2 Å². The molecule has 0 spiro atoms. The van der Waals surface area contributed by atoms with E-state index in [-0.39, 0.29) is 16.9 Å². The molecule has 0 bridgehead atoms. The minimum absolute atomic E-state index is 0.0548. The molecule has 5 rings (SSSR count). The third-order valence-electron chi connectivity index (χ3n) is 6.76. The molecule has 7 nitrogen and oxygen atoms in total. The molecule has 0 saturated carbocycles. The second-order valence-electron chi connectivity index (χ2n) is 9.23. The maximum absolute atomic E-state index is 13.8. The van der Waals surface area contributed by atoms with Crippen LogP contribution < -0.4 is 9.21 Å². The summed E-state index contributed by atoms with van der Waals surface area (Å²) in [4.78, 5) is 20.4. The molecular formula is C29H31N3O4S2. The van der Waals surface area contributed by atoms with Crippen LogP contribution in [0, 0.1) is 0 Å². The average Bonchev–Trinajstić information content (AvgIpc) is 3.61. The van der Waals surface area contributed by atoms with Gasteiger partial charge >= 0.3 is 0 Å². The summed E-state index contributed by atoms with van der Waals surface area (Å²) in [7, 11) is -3.78. The number of aromatic nitrogens is 1. The number of sulfonamides is 1. The Labute approximate surface area is 227 Å². The summed E-state index contributed by atoms with van der Waals surface area (Å²) in [5.74, 6) is -0.227. The van der Waals surface area contributed by atoms with Crippen molar-refractivity contribution in [2.75, 3.05) is 28.9 Å². The zero-order valence-corrected chi connectivity index (χ0v) is 23.2. The SMILES string of the molecule is CCc1ccc2nc(N(CC3CCCO3)C(=O)c3ccc(S(=O)(=O)N(CC)c4ccccc4)cc3)sc2c1. The molecule has 1 unspecified atom stereocenters. The fraction of sp³-hybridized carbons (Fsp3) is 0.310. The van der Waals surface area contributed by atoms with Crippen molar-refractivity contribution in [3.63, 3.8) is 0 Å². The van der Waals surface area contributed by atoms with E-state index in [2.05, 4.69) is 19.1 Å². The Morgan fingerprint density at radius 1 is 1.05 bits per heavy atom.